The van der Waals surface area contributed by atoms with Crippen LogP contribution >= 0.6 is 0 Å². The van der Waals surface area contributed by atoms with Crippen molar-refractivity contribution >= 4 is 15.9 Å². The molecule has 1 atom stereocenters. The molecule has 6 nitrogen and oxygen atoms in total. The molecule has 1 aliphatic heterocycles. The predicted molar refractivity (Wildman–Crippen MR) is 126 cm³/mol. The number of hydrogen-bond donors (Lipinski definition) is 2. The minimum absolute atomic E-state index is 0.0451. The Hall–Kier alpha value is -2.22. The first-order valence-electron chi connectivity index (χ1n) is 11.7. The van der Waals surface area contributed by atoms with Gasteiger partial charge in [0.05, 0.1) is 4.90 Å². The molecule has 0 spiro atoms. The summed E-state index contributed by atoms with van der Waals surface area (Å²) < 4.78 is 27.9. The highest BCUT2D eigenvalue weighted by molar-refractivity contribution is 7.89. The Morgan fingerprint density at radius 2 is 1.75 bits per heavy atom. The Morgan fingerprint density at radius 3 is 2.47 bits per heavy atom. The molecule has 2 aromatic carbocycles. The number of nitrogens with one attached hydrogen (secondary N) is 2. The van der Waals surface area contributed by atoms with E-state index in [0.717, 1.165) is 38.9 Å². The van der Waals surface area contributed by atoms with Crippen LogP contribution in [0.15, 0.2) is 59.5 Å². The number of amides is 1. The van der Waals surface area contributed by atoms with Crippen LogP contribution in [0.1, 0.15) is 48.0 Å². The molecular weight excluding hydrogens is 422 g/mol. The highest BCUT2D eigenvalue weighted by atomic mass is 32.2. The standard InChI is InChI=1S/C25H33N3O3S/c29-25(22-10-7-11-24(17-22)32(30,31)26-18-21-12-13-21)27-23(16-20-8-3-1-4-9-20)19-28-14-5-2-6-15-28/h1,3-4,7-11,17,21,23,26H,2,5-6,12-16,18-19H2,(H,27,29)/t23-/m1/s1. The molecule has 2 aliphatic rings. The maximum Gasteiger partial charge on any atom is 0.251 e. The van der Waals surface area contributed by atoms with Crippen molar-refractivity contribution in [2.24, 2.45) is 5.92 Å². The normalized spacial score (nSPS) is 18.2. The SMILES string of the molecule is O=C(N[C@H](Cc1ccccc1)CN1CCCCC1)c1cccc(S(=O)(=O)NCC2CC2)c1. The molecule has 1 aliphatic carbocycles. The quantitative estimate of drug-likeness (QED) is 0.577. The highest BCUT2D eigenvalue weighted by Crippen LogP contribution is 2.28. The molecule has 2 aromatic rings. The lowest BCUT2D eigenvalue weighted by atomic mass is 10.0. The van der Waals surface area contributed by atoms with Crippen molar-refractivity contribution in [2.75, 3.05) is 26.2 Å². The Kier molecular flexibility index (Phi) is 7.60. The van der Waals surface area contributed by atoms with Gasteiger partial charge in [-0.15, -0.1) is 0 Å². The molecule has 1 heterocycles. The van der Waals surface area contributed by atoms with Crippen LogP contribution in [0.25, 0.3) is 0 Å². The first-order chi connectivity index (χ1) is 15.5. The molecule has 0 aromatic heterocycles. The molecule has 0 bridgehead atoms. The third-order valence-electron chi connectivity index (χ3n) is 6.25. The minimum Gasteiger partial charge on any atom is -0.348 e. The number of sulfonamides is 1. The van der Waals surface area contributed by atoms with E-state index in [1.54, 1.807) is 18.2 Å². The van der Waals surface area contributed by atoms with Gasteiger partial charge < -0.3 is 10.2 Å². The number of piperidine rings is 1. The molecule has 1 saturated heterocycles. The summed E-state index contributed by atoms with van der Waals surface area (Å²) in [7, 11) is -3.61. The number of carbonyl (C=O) groups is 1. The summed E-state index contributed by atoms with van der Waals surface area (Å²) in [6, 6.07) is 16.5. The molecule has 2 fully saturated rings. The van der Waals surface area contributed by atoms with Crippen LogP contribution in [0.5, 0.6) is 0 Å². The van der Waals surface area contributed by atoms with Gasteiger partial charge in [-0.3, -0.25) is 4.79 Å². The van der Waals surface area contributed by atoms with Crippen LogP contribution in [0.2, 0.25) is 0 Å². The van der Waals surface area contributed by atoms with Crippen molar-refractivity contribution in [3.8, 4) is 0 Å². The number of hydrogen-bond acceptors (Lipinski definition) is 4. The van der Waals surface area contributed by atoms with Crippen molar-refractivity contribution in [3.63, 3.8) is 0 Å². The largest absolute Gasteiger partial charge is 0.348 e. The fourth-order valence-electron chi connectivity index (χ4n) is 4.22. The summed E-state index contributed by atoms with van der Waals surface area (Å²) in [6.07, 6.45) is 6.54. The summed E-state index contributed by atoms with van der Waals surface area (Å²) in [4.78, 5) is 15.7. The summed E-state index contributed by atoms with van der Waals surface area (Å²) in [5.41, 5.74) is 1.55. The van der Waals surface area contributed by atoms with E-state index in [2.05, 4.69) is 27.1 Å². The van der Waals surface area contributed by atoms with Crippen LogP contribution < -0.4 is 10.0 Å². The lowest BCUT2D eigenvalue weighted by Gasteiger charge is -2.31. The van der Waals surface area contributed by atoms with Gasteiger partial charge in [-0.05, 0) is 74.9 Å². The van der Waals surface area contributed by atoms with Crippen LogP contribution in [-0.4, -0.2) is 51.4 Å². The van der Waals surface area contributed by atoms with E-state index in [1.165, 1.54) is 30.9 Å². The molecule has 2 N–H and O–H groups in total. The van der Waals surface area contributed by atoms with Crippen molar-refractivity contribution in [1.29, 1.82) is 0 Å². The van der Waals surface area contributed by atoms with Gasteiger partial charge in [0, 0.05) is 24.7 Å². The highest BCUT2D eigenvalue weighted by Gasteiger charge is 2.25. The molecule has 1 saturated carbocycles. The average molecular weight is 456 g/mol. The Bertz CT molecular complexity index is 1000. The maximum absolute atomic E-state index is 13.1. The van der Waals surface area contributed by atoms with E-state index >= 15 is 0 Å². The van der Waals surface area contributed by atoms with Crippen LogP contribution in [0.4, 0.5) is 0 Å². The van der Waals surface area contributed by atoms with E-state index in [-0.39, 0.29) is 16.8 Å². The summed E-state index contributed by atoms with van der Waals surface area (Å²) in [5, 5.41) is 3.17. The summed E-state index contributed by atoms with van der Waals surface area (Å²) in [5.74, 6) is 0.215. The van der Waals surface area contributed by atoms with Gasteiger partial charge in [-0.1, -0.05) is 42.8 Å². The first-order valence-corrected chi connectivity index (χ1v) is 13.1. The smallest absolute Gasteiger partial charge is 0.251 e. The Balaban J connectivity index is 1.45. The van der Waals surface area contributed by atoms with Gasteiger partial charge >= 0.3 is 0 Å². The molecule has 7 heteroatoms. The third-order valence-corrected chi connectivity index (χ3v) is 7.67. The Morgan fingerprint density at radius 1 is 1.00 bits per heavy atom. The third kappa shape index (κ3) is 6.64. The number of benzene rings is 2. The zero-order valence-corrected chi connectivity index (χ0v) is 19.3. The maximum atomic E-state index is 13.1. The van der Waals surface area contributed by atoms with E-state index in [0.29, 0.717) is 18.0 Å². The van der Waals surface area contributed by atoms with Gasteiger partial charge in [0.1, 0.15) is 0 Å². The van der Waals surface area contributed by atoms with Gasteiger partial charge in [-0.25, -0.2) is 13.1 Å². The molecule has 172 valence electrons. The van der Waals surface area contributed by atoms with Crippen LogP contribution in [0.3, 0.4) is 0 Å². The van der Waals surface area contributed by atoms with Gasteiger partial charge in [0.15, 0.2) is 0 Å². The summed E-state index contributed by atoms with van der Waals surface area (Å²) in [6.45, 7) is 3.37. The second kappa shape index (κ2) is 10.6. The fourth-order valence-corrected chi connectivity index (χ4v) is 5.38. The fraction of sp³-hybridized carbons (Fsp3) is 0.480. The minimum atomic E-state index is -3.61. The molecule has 0 unspecified atom stereocenters. The Labute approximate surface area is 191 Å². The van der Waals surface area contributed by atoms with Gasteiger partial charge in [0.25, 0.3) is 5.91 Å². The van der Waals surface area contributed by atoms with E-state index in [9.17, 15) is 13.2 Å². The second-order valence-electron chi connectivity index (χ2n) is 9.04. The van der Waals surface area contributed by atoms with Crippen molar-refractivity contribution in [2.45, 2.75) is 49.5 Å². The molecule has 1 amide bonds. The number of rotatable bonds is 10. The topological polar surface area (TPSA) is 78.5 Å². The molecule has 0 radical (unpaired) electrons. The molecular formula is C25H33N3O3S. The lowest BCUT2D eigenvalue weighted by molar-refractivity contribution is 0.0920. The van der Waals surface area contributed by atoms with Crippen molar-refractivity contribution < 1.29 is 13.2 Å². The summed E-state index contributed by atoms with van der Waals surface area (Å²) >= 11 is 0. The van der Waals surface area contributed by atoms with Crippen LogP contribution in [0, 0.1) is 5.92 Å². The van der Waals surface area contributed by atoms with E-state index in [1.807, 2.05) is 18.2 Å². The van der Waals surface area contributed by atoms with Gasteiger partial charge in [-0.2, -0.15) is 0 Å². The lowest BCUT2D eigenvalue weighted by Crippen LogP contribution is -2.46. The number of likely N-dealkylation sites (tertiary alicyclic amines) is 1. The van der Waals surface area contributed by atoms with E-state index < -0.39 is 10.0 Å². The van der Waals surface area contributed by atoms with Gasteiger partial charge in [0.2, 0.25) is 10.0 Å². The van der Waals surface area contributed by atoms with Crippen LogP contribution in [-0.2, 0) is 16.4 Å². The monoisotopic (exact) mass is 455 g/mol. The predicted octanol–water partition coefficient (Wildman–Crippen LogP) is 3.20. The zero-order chi connectivity index (χ0) is 22.4. The zero-order valence-electron chi connectivity index (χ0n) is 18.5. The average Bonchev–Trinajstić information content (AvgIpc) is 3.64. The molecule has 32 heavy (non-hydrogen) atoms. The number of carbonyl (C=O) groups excluding carboxylic acids is 1. The van der Waals surface area contributed by atoms with Crippen molar-refractivity contribution in [3.05, 3.63) is 65.7 Å². The number of nitrogens with zero attached hydrogens (tertiary/aromatic N) is 1. The second-order valence-corrected chi connectivity index (χ2v) is 10.8. The van der Waals surface area contributed by atoms with E-state index in [4.69, 9.17) is 0 Å². The molecule has 4 rings (SSSR count). The first kappa shape index (κ1) is 23.0. The van der Waals surface area contributed by atoms with Crippen molar-refractivity contribution in [1.82, 2.24) is 14.9 Å².